The summed E-state index contributed by atoms with van der Waals surface area (Å²) in [6.07, 6.45) is 1.61. The van der Waals surface area contributed by atoms with Gasteiger partial charge in [0, 0.05) is 6.20 Å². The summed E-state index contributed by atoms with van der Waals surface area (Å²) in [5, 5.41) is 9.40. The standard InChI is InChI=1S/C15H12N2O3.CH4/c18-10-12-14(20-11-6-2-1-3-7-11)16-13-8-4-5-9-17(13)15(12)19;/h1-9,18H,10H2;1H4. The zero-order valence-corrected chi connectivity index (χ0v) is 10.6. The highest BCUT2D eigenvalue weighted by atomic mass is 16.5. The molecule has 0 unspecified atom stereocenters. The fourth-order valence-corrected chi connectivity index (χ4v) is 1.93. The van der Waals surface area contributed by atoms with E-state index in [1.807, 2.05) is 18.2 Å². The van der Waals surface area contributed by atoms with E-state index in [4.69, 9.17) is 4.74 Å². The molecule has 108 valence electrons. The van der Waals surface area contributed by atoms with Crippen molar-refractivity contribution < 1.29 is 9.84 Å². The Morgan fingerprint density at radius 1 is 1.10 bits per heavy atom. The predicted octanol–water partition coefficient (Wildman–Crippen LogP) is 2.62. The first-order valence-corrected chi connectivity index (χ1v) is 6.13. The number of nitrogens with zero attached hydrogens (tertiary/aromatic N) is 2. The molecule has 0 atom stereocenters. The van der Waals surface area contributed by atoms with E-state index in [0.29, 0.717) is 11.4 Å². The molecule has 0 spiro atoms. The zero-order valence-electron chi connectivity index (χ0n) is 10.6. The Morgan fingerprint density at radius 2 is 1.81 bits per heavy atom. The first-order chi connectivity index (χ1) is 9.79. The summed E-state index contributed by atoms with van der Waals surface area (Å²) < 4.78 is 6.98. The van der Waals surface area contributed by atoms with Crippen molar-refractivity contribution in [1.82, 2.24) is 9.38 Å². The van der Waals surface area contributed by atoms with E-state index in [1.54, 1.807) is 36.5 Å². The number of pyridine rings is 1. The Bertz CT molecular complexity index is 797. The number of rotatable bonds is 3. The average molecular weight is 284 g/mol. The number of aromatic nitrogens is 2. The van der Waals surface area contributed by atoms with Gasteiger partial charge in [-0.05, 0) is 24.3 Å². The van der Waals surface area contributed by atoms with Gasteiger partial charge in [0.05, 0.1) is 6.61 Å². The van der Waals surface area contributed by atoms with Crippen LogP contribution in [0.2, 0.25) is 0 Å². The highest BCUT2D eigenvalue weighted by Gasteiger charge is 2.13. The molecule has 0 aliphatic heterocycles. The number of ether oxygens (including phenoxy) is 1. The summed E-state index contributed by atoms with van der Waals surface area (Å²) in [4.78, 5) is 16.5. The molecule has 2 aromatic heterocycles. The molecule has 5 nitrogen and oxygen atoms in total. The second kappa shape index (κ2) is 6.19. The van der Waals surface area contributed by atoms with Crippen molar-refractivity contribution in [3.8, 4) is 11.6 Å². The normalized spacial score (nSPS) is 10.1. The van der Waals surface area contributed by atoms with Crippen LogP contribution in [-0.2, 0) is 6.61 Å². The van der Waals surface area contributed by atoms with Crippen LogP contribution >= 0.6 is 0 Å². The predicted molar refractivity (Wildman–Crippen MR) is 80.6 cm³/mol. The molecule has 1 aromatic carbocycles. The average Bonchev–Trinajstić information content (AvgIpc) is 2.49. The number of para-hydroxylation sites is 1. The highest BCUT2D eigenvalue weighted by Crippen LogP contribution is 2.21. The summed E-state index contributed by atoms with van der Waals surface area (Å²) in [6, 6.07) is 14.2. The zero-order chi connectivity index (χ0) is 13.9. The minimum atomic E-state index is -0.425. The van der Waals surface area contributed by atoms with Gasteiger partial charge in [0.1, 0.15) is 17.0 Å². The van der Waals surface area contributed by atoms with Gasteiger partial charge in [-0.25, -0.2) is 0 Å². The number of hydrogen-bond acceptors (Lipinski definition) is 4. The van der Waals surface area contributed by atoms with Gasteiger partial charge in [-0.2, -0.15) is 4.98 Å². The third-order valence-electron chi connectivity index (χ3n) is 2.91. The third-order valence-corrected chi connectivity index (χ3v) is 2.91. The Morgan fingerprint density at radius 3 is 2.52 bits per heavy atom. The van der Waals surface area contributed by atoms with E-state index in [1.165, 1.54) is 4.40 Å². The lowest BCUT2D eigenvalue weighted by Gasteiger charge is -2.10. The van der Waals surface area contributed by atoms with Crippen LogP contribution in [0.1, 0.15) is 13.0 Å². The summed E-state index contributed by atoms with van der Waals surface area (Å²) in [7, 11) is 0. The Kier molecular flexibility index (Phi) is 4.35. The van der Waals surface area contributed by atoms with E-state index < -0.39 is 6.61 Å². The molecule has 0 aliphatic rings. The van der Waals surface area contributed by atoms with E-state index in [-0.39, 0.29) is 24.4 Å². The molecule has 21 heavy (non-hydrogen) atoms. The van der Waals surface area contributed by atoms with E-state index in [2.05, 4.69) is 4.98 Å². The molecule has 0 amide bonds. The maximum Gasteiger partial charge on any atom is 0.267 e. The first-order valence-electron chi connectivity index (χ1n) is 6.13. The summed E-state index contributed by atoms with van der Waals surface area (Å²) >= 11 is 0. The van der Waals surface area contributed by atoms with E-state index in [9.17, 15) is 9.90 Å². The molecule has 0 aliphatic carbocycles. The molecule has 0 fully saturated rings. The molecule has 0 bridgehead atoms. The van der Waals surface area contributed by atoms with Crippen LogP contribution < -0.4 is 10.3 Å². The minimum Gasteiger partial charge on any atom is -0.438 e. The maximum atomic E-state index is 12.3. The van der Waals surface area contributed by atoms with Crippen molar-refractivity contribution in [2.45, 2.75) is 14.0 Å². The first kappa shape index (κ1) is 14.7. The van der Waals surface area contributed by atoms with Crippen molar-refractivity contribution in [2.24, 2.45) is 0 Å². The van der Waals surface area contributed by atoms with Gasteiger partial charge in [0.25, 0.3) is 5.56 Å². The van der Waals surface area contributed by atoms with E-state index >= 15 is 0 Å². The highest BCUT2D eigenvalue weighted by molar-refractivity contribution is 5.43. The van der Waals surface area contributed by atoms with Gasteiger partial charge < -0.3 is 9.84 Å². The molecular formula is C16H16N2O3. The second-order valence-electron chi connectivity index (χ2n) is 4.20. The molecular weight excluding hydrogens is 268 g/mol. The van der Waals surface area contributed by atoms with Crippen molar-refractivity contribution in [3.63, 3.8) is 0 Å². The molecule has 3 aromatic rings. The van der Waals surface area contributed by atoms with Crippen LogP contribution in [0.4, 0.5) is 0 Å². The third kappa shape index (κ3) is 2.78. The second-order valence-corrected chi connectivity index (χ2v) is 4.20. The summed E-state index contributed by atoms with van der Waals surface area (Å²) in [5.41, 5.74) is 0.280. The molecule has 5 heteroatoms. The van der Waals surface area contributed by atoms with Gasteiger partial charge in [-0.3, -0.25) is 9.20 Å². The van der Waals surface area contributed by atoms with Crippen LogP contribution in [0.5, 0.6) is 11.6 Å². The van der Waals surface area contributed by atoms with Crippen LogP contribution in [0.3, 0.4) is 0 Å². The molecule has 0 saturated carbocycles. The summed E-state index contributed by atoms with van der Waals surface area (Å²) in [6.45, 7) is -0.425. The minimum absolute atomic E-state index is 0. The van der Waals surface area contributed by atoms with Gasteiger partial charge in [0.2, 0.25) is 5.88 Å². The Balaban J connectivity index is 0.00000161. The van der Waals surface area contributed by atoms with Crippen LogP contribution in [-0.4, -0.2) is 14.5 Å². The smallest absolute Gasteiger partial charge is 0.267 e. The van der Waals surface area contributed by atoms with Gasteiger partial charge in [-0.15, -0.1) is 0 Å². The molecule has 0 saturated heterocycles. The van der Waals surface area contributed by atoms with Gasteiger partial charge in [-0.1, -0.05) is 31.7 Å². The van der Waals surface area contributed by atoms with Crippen LogP contribution in [0.25, 0.3) is 5.65 Å². The van der Waals surface area contributed by atoms with Crippen LogP contribution in [0, 0.1) is 0 Å². The summed E-state index contributed by atoms with van der Waals surface area (Å²) in [5.74, 6) is 0.698. The molecule has 1 N–H and O–H groups in total. The van der Waals surface area contributed by atoms with Crippen LogP contribution in [0.15, 0.2) is 59.5 Å². The lowest BCUT2D eigenvalue weighted by molar-refractivity contribution is 0.272. The fourth-order valence-electron chi connectivity index (χ4n) is 1.93. The lowest BCUT2D eigenvalue weighted by atomic mass is 10.3. The molecule has 0 radical (unpaired) electrons. The molecule has 3 rings (SSSR count). The van der Waals surface area contributed by atoms with Gasteiger partial charge >= 0.3 is 0 Å². The van der Waals surface area contributed by atoms with Crippen molar-refractivity contribution in [2.75, 3.05) is 0 Å². The lowest BCUT2D eigenvalue weighted by Crippen LogP contribution is -2.20. The van der Waals surface area contributed by atoms with Gasteiger partial charge in [0.15, 0.2) is 0 Å². The van der Waals surface area contributed by atoms with Crippen molar-refractivity contribution in [1.29, 1.82) is 0 Å². The number of hydrogen-bond donors (Lipinski definition) is 1. The number of aliphatic hydroxyl groups is 1. The topological polar surface area (TPSA) is 63.8 Å². The number of fused-ring (bicyclic) bond motifs is 1. The van der Waals surface area contributed by atoms with Crippen molar-refractivity contribution >= 4 is 5.65 Å². The SMILES string of the molecule is C.O=c1c(CO)c(Oc2ccccc2)nc2ccccn12. The Hall–Kier alpha value is -2.66. The quantitative estimate of drug-likeness (QED) is 0.803. The Labute approximate surface area is 122 Å². The monoisotopic (exact) mass is 284 g/mol. The number of aliphatic hydroxyl groups excluding tert-OH is 1. The molecule has 2 heterocycles. The number of benzene rings is 1. The fraction of sp³-hybridized carbons (Fsp3) is 0.125. The largest absolute Gasteiger partial charge is 0.438 e. The van der Waals surface area contributed by atoms with Crippen molar-refractivity contribution in [3.05, 3.63) is 70.6 Å². The maximum absolute atomic E-state index is 12.3. The van der Waals surface area contributed by atoms with E-state index in [0.717, 1.165) is 0 Å².